The molecule has 2 fully saturated rings. The van der Waals surface area contributed by atoms with Gasteiger partial charge < -0.3 is 50.3 Å². The summed E-state index contributed by atoms with van der Waals surface area (Å²) in [4.78, 5) is 21.1. The monoisotopic (exact) mass is 734 g/mol. The molecule has 46 heavy (non-hydrogen) atoms. The predicted molar refractivity (Wildman–Crippen MR) is 160 cm³/mol. The van der Waals surface area contributed by atoms with E-state index in [2.05, 4.69) is 21.9 Å². The molecule has 0 N–H and O–H groups in total. The van der Waals surface area contributed by atoms with E-state index in [0.29, 0.717) is 0 Å². The van der Waals surface area contributed by atoms with E-state index < -0.39 is 10.2 Å². The van der Waals surface area contributed by atoms with Crippen molar-refractivity contribution < 1.29 is 64.0 Å². The van der Waals surface area contributed by atoms with Gasteiger partial charge in [-0.2, -0.15) is 0 Å². The summed E-state index contributed by atoms with van der Waals surface area (Å²) in [7, 11) is 0. The normalized spacial score (nSPS) is 14.4. The molecule has 0 saturated carbocycles. The van der Waals surface area contributed by atoms with Gasteiger partial charge in [0, 0.05) is 39.3 Å². The topological polar surface area (TPSA) is 203 Å². The molecule has 2 saturated heterocycles. The van der Waals surface area contributed by atoms with Crippen LogP contribution in [-0.2, 0) is 56.7 Å². The number of hydrogen-bond acceptors (Lipinski definition) is 12. The molecule has 4 aromatic carbocycles. The third-order valence-electron chi connectivity index (χ3n) is 6.97. The van der Waals surface area contributed by atoms with Crippen LogP contribution in [0.15, 0.2) is 72.8 Å². The van der Waals surface area contributed by atoms with Crippen LogP contribution in [0.3, 0.4) is 0 Å². The summed E-state index contributed by atoms with van der Waals surface area (Å²) in [5.41, 5.74) is 1.82. The largest absolute Gasteiger partial charge is 2.00 e. The summed E-state index contributed by atoms with van der Waals surface area (Å²) in [6.45, 7) is 8.12. The fourth-order valence-electron chi connectivity index (χ4n) is 4.92. The van der Waals surface area contributed by atoms with Crippen LogP contribution in [0.5, 0.6) is 11.5 Å². The molecule has 2 heterocycles. The Kier molecular flexibility index (Phi) is 18.5. The van der Waals surface area contributed by atoms with Crippen LogP contribution in [-0.4, -0.2) is 72.6 Å². The molecule has 2 aliphatic heterocycles. The Morgan fingerprint density at radius 2 is 0.848 bits per heavy atom. The second-order valence-electron chi connectivity index (χ2n) is 9.75. The minimum atomic E-state index is -1.75. The van der Waals surface area contributed by atoms with Gasteiger partial charge in [-0.05, 0) is 32.7 Å². The van der Waals surface area contributed by atoms with Crippen LogP contribution < -0.4 is 10.2 Å². The maximum Gasteiger partial charge on any atom is 2.00 e. The number of ether oxygens (including phenoxy) is 2. The first-order chi connectivity index (χ1) is 21.2. The van der Waals surface area contributed by atoms with Crippen molar-refractivity contribution in [3.05, 3.63) is 115 Å². The molecular weight excluding hydrogens is 703 g/mol. The van der Waals surface area contributed by atoms with E-state index in [9.17, 15) is 10.2 Å². The zero-order valence-electron chi connectivity index (χ0n) is 24.5. The van der Waals surface area contributed by atoms with Gasteiger partial charge in [-0.15, -0.1) is 11.5 Å². The summed E-state index contributed by atoms with van der Waals surface area (Å²) in [5.74, 6) is 0.278. The summed E-state index contributed by atoms with van der Waals surface area (Å²) >= 11 is 0. The second-order valence-corrected chi connectivity index (χ2v) is 9.75. The molecule has 0 atom stereocenters. The Balaban J connectivity index is 0.000000361. The summed E-state index contributed by atoms with van der Waals surface area (Å²) < 4.78 is 10.7. The zero-order chi connectivity index (χ0) is 31.9. The Hall–Kier alpha value is -3.72. The Morgan fingerprint density at radius 1 is 0.543 bits per heavy atom. The van der Waals surface area contributed by atoms with E-state index in [0.717, 1.165) is 98.4 Å². The van der Waals surface area contributed by atoms with E-state index in [-0.39, 0.29) is 45.6 Å². The van der Waals surface area contributed by atoms with Crippen LogP contribution >= 0.6 is 0 Å². The number of benzene rings is 4. The first-order valence-corrected chi connectivity index (χ1v) is 13.7. The summed E-state index contributed by atoms with van der Waals surface area (Å²) in [6, 6.07) is 23.3. The van der Waals surface area contributed by atoms with Gasteiger partial charge in [-0.25, -0.2) is 0 Å². The third kappa shape index (κ3) is 13.3. The number of hydrogen-bond donors (Lipinski definition) is 0. The van der Waals surface area contributed by atoms with Crippen molar-refractivity contribution >= 4 is 21.5 Å². The smallest absolute Gasteiger partial charge is 0.872 e. The molecule has 14 nitrogen and oxygen atoms in total. The van der Waals surface area contributed by atoms with Gasteiger partial charge in [0.05, 0.1) is 36.6 Å². The molecule has 2 aliphatic rings. The molecule has 0 aliphatic carbocycles. The fraction of sp³-hybridized carbons (Fsp3) is 0.333. The van der Waals surface area contributed by atoms with E-state index >= 15 is 0 Å². The number of rotatable bonds is 4. The van der Waals surface area contributed by atoms with Crippen molar-refractivity contribution in [2.75, 3.05) is 52.6 Å². The van der Waals surface area contributed by atoms with Crippen LogP contribution in [0, 0.1) is 30.6 Å². The molecule has 0 amide bonds. The Bertz CT molecular complexity index is 1400. The van der Waals surface area contributed by atoms with Crippen molar-refractivity contribution in [3.63, 3.8) is 0 Å². The van der Waals surface area contributed by atoms with Crippen molar-refractivity contribution in [3.8, 4) is 11.5 Å². The second kappa shape index (κ2) is 21.1. The van der Waals surface area contributed by atoms with Gasteiger partial charge in [-0.3, -0.25) is 9.80 Å². The molecule has 0 spiro atoms. The molecule has 0 bridgehead atoms. The first-order valence-electron chi connectivity index (χ1n) is 13.7. The van der Waals surface area contributed by atoms with E-state index in [1.165, 1.54) is 0 Å². The van der Waals surface area contributed by atoms with Gasteiger partial charge >= 0.3 is 34.1 Å². The molecule has 6 rings (SSSR count). The van der Waals surface area contributed by atoms with Crippen LogP contribution in [0.2, 0.25) is 0 Å². The van der Waals surface area contributed by atoms with Gasteiger partial charge in [-0.1, -0.05) is 72.8 Å². The van der Waals surface area contributed by atoms with E-state index in [4.69, 9.17) is 40.1 Å². The molecule has 16 heteroatoms. The van der Waals surface area contributed by atoms with Gasteiger partial charge in [0.25, 0.3) is 0 Å². The molecule has 0 aromatic heterocycles. The molecular formula is C30H32Cu2N4O10. The van der Waals surface area contributed by atoms with Crippen LogP contribution in [0.4, 0.5) is 0 Å². The van der Waals surface area contributed by atoms with Crippen molar-refractivity contribution in [2.24, 2.45) is 0 Å². The quantitative estimate of drug-likeness (QED) is 0.169. The van der Waals surface area contributed by atoms with Gasteiger partial charge in [0.15, 0.2) is 0 Å². The zero-order valence-corrected chi connectivity index (χ0v) is 26.4. The first kappa shape index (κ1) is 40.3. The molecule has 2 radical (unpaired) electrons. The third-order valence-corrected chi connectivity index (χ3v) is 6.97. The Morgan fingerprint density at radius 3 is 1.17 bits per heavy atom. The van der Waals surface area contributed by atoms with Crippen LogP contribution in [0.25, 0.3) is 21.5 Å². The number of morpholine rings is 2. The number of nitrogens with zero attached hydrogens (tertiary/aromatic N) is 4. The van der Waals surface area contributed by atoms with Crippen molar-refractivity contribution in [2.45, 2.75) is 13.1 Å². The SMILES string of the molecule is O=[N+]([O-])[O-].O=[N+]([O-])[O-].[Cu+2].[Cu+2].[O-]c1ccc2ccccc2c1CN1CCOCC1.[O-]c1ccc2ccccc2c1CN1CCOCC1. The summed E-state index contributed by atoms with van der Waals surface area (Å²) in [6.07, 6.45) is 0. The average Bonchev–Trinajstić information content (AvgIpc) is 3.01. The molecule has 0 unspecified atom stereocenters. The van der Waals surface area contributed by atoms with Crippen molar-refractivity contribution in [1.82, 2.24) is 9.80 Å². The minimum Gasteiger partial charge on any atom is -0.872 e. The molecule has 254 valence electrons. The summed E-state index contributed by atoms with van der Waals surface area (Å²) in [5, 5.41) is 58.0. The average molecular weight is 736 g/mol. The predicted octanol–water partition coefficient (Wildman–Crippen LogP) is 3.01. The van der Waals surface area contributed by atoms with Gasteiger partial charge in [0.2, 0.25) is 0 Å². The van der Waals surface area contributed by atoms with Crippen LogP contribution in [0.1, 0.15) is 11.1 Å². The van der Waals surface area contributed by atoms with Crippen molar-refractivity contribution in [1.29, 1.82) is 0 Å². The number of fused-ring (bicyclic) bond motifs is 2. The maximum absolute atomic E-state index is 12.0. The van der Waals surface area contributed by atoms with E-state index in [1.807, 2.05) is 48.5 Å². The Labute approximate surface area is 286 Å². The maximum atomic E-state index is 12.0. The fourth-order valence-corrected chi connectivity index (χ4v) is 4.92. The minimum absolute atomic E-state index is 0. The molecule has 4 aromatic rings. The standard InChI is InChI=1S/2C15H17NO2.2Cu.2NO3/c2*17-15-6-5-12-3-1-2-4-13(12)14(15)11-16-7-9-18-10-8-16;;;2*2-1(3)4/h2*1-6,17H,7-11H2;;;;/q;;2*+2;2*-1/p-2. The van der Waals surface area contributed by atoms with Gasteiger partial charge in [0.1, 0.15) is 0 Å². The van der Waals surface area contributed by atoms with E-state index in [1.54, 1.807) is 12.1 Å².